The third kappa shape index (κ3) is 10.2. The van der Waals surface area contributed by atoms with Gasteiger partial charge in [0, 0.05) is 50.4 Å². The lowest BCUT2D eigenvalue weighted by Crippen LogP contribution is -2.17. The van der Waals surface area contributed by atoms with E-state index in [1.807, 2.05) is 0 Å². The first-order valence-corrected chi connectivity index (χ1v) is 32.3. The molecule has 442 valence electrons. The van der Waals surface area contributed by atoms with Gasteiger partial charge in [0.2, 0.25) is 0 Å². The maximum atomic E-state index is 2.44. The number of aryl methyl sites for hydroxylation is 4. The SMILES string of the molecule is Cc1cc(C)cc(N(c2ccc(-c3ccccc3)cc2)c2ccc3c(c2)C(C)(C)c2cc(/C=C/c4ccc5c(c4)C(C)(C)c4cc(/C=C/c6ccc7c(c6)C(C)(C)c6cc(N(c8ccc(-c9ccccc9)cc8)c8cc(C)cc(C)c8)ccc6-7)ccc4-5)ccc2-3)c1. The lowest BCUT2D eigenvalue weighted by molar-refractivity contribution is 0.660. The Hall–Kier alpha value is -10.3. The monoisotopic (exact) mass is 1170 g/mol. The van der Waals surface area contributed by atoms with Gasteiger partial charge in [-0.3, -0.25) is 0 Å². The molecule has 0 heterocycles. The van der Waals surface area contributed by atoms with E-state index in [1.54, 1.807) is 0 Å². The zero-order valence-electron chi connectivity index (χ0n) is 54.0. The average Bonchev–Trinajstić information content (AvgIpc) is 1.60. The minimum absolute atomic E-state index is 0.165. The highest BCUT2D eigenvalue weighted by molar-refractivity contribution is 5.91. The van der Waals surface area contributed by atoms with Crippen LogP contribution in [0.15, 0.2) is 255 Å². The summed E-state index contributed by atoms with van der Waals surface area (Å²) in [4.78, 5) is 4.85. The molecular weight excluding hydrogens is 1100 g/mol. The van der Waals surface area contributed by atoms with E-state index in [9.17, 15) is 0 Å². The predicted octanol–water partition coefficient (Wildman–Crippen LogP) is 24.5. The first kappa shape index (κ1) is 57.2. The Bertz CT molecular complexity index is 4560. The molecule has 0 spiro atoms. The van der Waals surface area contributed by atoms with Gasteiger partial charge < -0.3 is 9.80 Å². The minimum atomic E-state index is -0.201. The van der Waals surface area contributed by atoms with Crippen LogP contribution in [0, 0.1) is 27.7 Å². The molecule has 2 nitrogen and oxygen atoms in total. The van der Waals surface area contributed by atoms with Crippen molar-refractivity contribution >= 4 is 58.4 Å². The quantitative estimate of drug-likeness (QED) is 0.113. The maximum Gasteiger partial charge on any atom is 0.0466 e. The molecule has 3 aliphatic carbocycles. The summed E-state index contributed by atoms with van der Waals surface area (Å²) in [6.45, 7) is 23.1. The number of fused-ring (bicyclic) bond motifs is 9. The van der Waals surface area contributed by atoms with Crippen LogP contribution in [0.2, 0.25) is 0 Å². The molecule has 0 fully saturated rings. The van der Waals surface area contributed by atoms with Gasteiger partial charge in [-0.1, -0.05) is 248 Å². The van der Waals surface area contributed by atoms with Gasteiger partial charge in [0.15, 0.2) is 0 Å². The van der Waals surface area contributed by atoms with Crippen molar-refractivity contribution in [1.82, 2.24) is 0 Å². The molecule has 2 heteroatoms. The van der Waals surface area contributed by atoms with E-state index < -0.39 is 0 Å². The summed E-state index contributed by atoms with van der Waals surface area (Å²) >= 11 is 0. The van der Waals surface area contributed by atoms with Crippen molar-refractivity contribution in [2.45, 2.75) is 85.5 Å². The molecule has 0 aliphatic heterocycles. The smallest absolute Gasteiger partial charge is 0.0466 e. The molecular formula is C89H76N2. The number of hydrogen-bond donors (Lipinski definition) is 0. The Balaban J connectivity index is 0.660. The molecule has 0 radical (unpaired) electrons. The second kappa shape index (κ2) is 22.0. The summed E-state index contributed by atoms with van der Waals surface area (Å²) in [5.74, 6) is 0. The molecule has 3 aliphatic rings. The lowest BCUT2D eigenvalue weighted by atomic mass is 9.81. The highest BCUT2D eigenvalue weighted by Crippen LogP contribution is 2.54. The van der Waals surface area contributed by atoms with Crippen LogP contribution in [0.5, 0.6) is 0 Å². The first-order valence-electron chi connectivity index (χ1n) is 32.3. The van der Waals surface area contributed by atoms with Gasteiger partial charge in [0.25, 0.3) is 0 Å². The first-order chi connectivity index (χ1) is 43.9. The fourth-order valence-corrected chi connectivity index (χ4v) is 15.3. The normalized spacial score (nSPS) is 14.2. The van der Waals surface area contributed by atoms with E-state index in [2.05, 4.69) is 358 Å². The van der Waals surface area contributed by atoms with Gasteiger partial charge in [0.1, 0.15) is 0 Å². The van der Waals surface area contributed by atoms with E-state index in [1.165, 1.54) is 145 Å². The molecule has 0 aromatic heterocycles. The minimum Gasteiger partial charge on any atom is -0.310 e. The molecule has 0 saturated heterocycles. The Morgan fingerprint density at radius 2 is 0.462 bits per heavy atom. The van der Waals surface area contributed by atoms with Gasteiger partial charge in [-0.15, -0.1) is 0 Å². The fourth-order valence-electron chi connectivity index (χ4n) is 15.3. The summed E-state index contributed by atoms with van der Waals surface area (Å²) in [5.41, 5.74) is 37.1. The van der Waals surface area contributed by atoms with Crippen LogP contribution < -0.4 is 9.80 Å². The van der Waals surface area contributed by atoms with Crippen LogP contribution >= 0.6 is 0 Å². The molecule has 0 unspecified atom stereocenters. The van der Waals surface area contributed by atoms with Gasteiger partial charge in [0.05, 0.1) is 0 Å². The highest BCUT2D eigenvalue weighted by Gasteiger charge is 2.39. The molecule has 0 atom stereocenters. The van der Waals surface area contributed by atoms with Crippen molar-refractivity contribution < 1.29 is 0 Å². The molecule has 0 amide bonds. The van der Waals surface area contributed by atoms with Crippen LogP contribution in [0.1, 0.15) is 119 Å². The number of hydrogen-bond acceptors (Lipinski definition) is 2. The van der Waals surface area contributed by atoms with Crippen molar-refractivity contribution in [2.75, 3.05) is 9.80 Å². The largest absolute Gasteiger partial charge is 0.310 e. The Kier molecular flexibility index (Phi) is 13.8. The summed E-state index contributed by atoms with van der Waals surface area (Å²) < 4.78 is 0. The van der Waals surface area contributed by atoms with Crippen LogP contribution in [0.25, 0.3) is 79.9 Å². The molecule has 0 N–H and O–H groups in total. The molecule has 12 aromatic carbocycles. The Labute approximate surface area is 538 Å². The van der Waals surface area contributed by atoms with Crippen LogP contribution in [-0.4, -0.2) is 0 Å². The third-order valence-corrected chi connectivity index (χ3v) is 19.9. The second-order valence-electron chi connectivity index (χ2n) is 27.4. The van der Waals surface area contributed by atoms with Crippen molar-refractivity contribution in [3.05, 3.63) is 333 Å². The van der Waals surface area contributed by atoms with E-state index in [0.29, 0.717) is 0 Å². The van der Waals surface area contributed by atoms with Gasteiger partial charge in [-0.2, -0.15) is 0 Å². The molecule has 91 heavy (non-hydrogen) atoms. The zero-order chi connectivity index (χ0) is 62.5. The van der Waals surface area contributed by atoms with Crippen molar-refractivity contribution in [1.29, 1.82) is 0 Å². The Morgan fingerprint density at radius 3 is 0.747 bits per heavy atom. The van der Waals surface area contributed by atoms with E-state index in [4.69, 9.17) is 0 Å². The van der Waals surface area contributed by atoms with Crippen molar-refractivity contribution in [2.24, 2.45) is 0 Å². The second-order valence-corrected chi connectivity index (χ2v) is 27.4. The summed E-state index contributed by atoms with van der Waals surface area (Å²) in [6.07, 6.45) is 9.20. The van der Waals surface area contributed by atoms with Crippen molar-refractivity contribution in [3.8, 4) is 55.6 Å². The van der Waals surface area contributed by atoms with Crippen LogP contribution in [0.4, 0.5) is 34.1 Å². The molecule has 12 aromatic rings. The Morgan fingerprint density at radius 1 is 0.220 bits per heavy atom. The predicted molar refractivity (Wildman–Crippen MR) is 389 cm³/mol. The summed E-state index contributed by atoms with van der Waals surface area (Å²) in [6, 6.07) is 95.5. The number of nitrogens with zero attached hydrogens (tertiary/aromatic N) is 2. The maximum absolute atomic E-state index is 2.44. The van der Waals surface area contributed by atoms with E-state index >= 15 is 0 Å². The van der Waals surface area contributed by atoms with Gasteiger partial charge in [-0.25, -0.2) is 0 Å². The summed E-state index contributed by atoms with van der Waals surface area (Å²) in [7, 11) is 0. The highest BCUT2D eigenvalue weighted by atomic mass is 15.1. The average molecular weight is 1170 g/mol. The molecule has 0 bridgehead atoms. The van der Waals surface area contributed by atoms with Crippen molar-refractivity contribution in [3.63, 3.8) is 0 Å². The topological polar surface area (TPSA) is 6.48 Å². The summed E-state index contributed by atoms with van der Waals surface area (Å²) in [5, 5.41) is 0. The van der Waals surface area contributed by atoms with E-state index in [-0.39, 0.29) is 16.2 Å². The van der Waals surface area contributed by atoms with Gasteiger partial charge >= 0.3 is 0 Å². The van der Waals surface area contributed by atoms with Gasteiger partial charge in [-0.05, 0) is 234 Å². The standard InChI is InChI=1S/C89H76N2/c1-57-45-58(2)48-73(47-57)90(69-33-29-67(30-34-69)65-17-13-11-14-18-65)71-37-43-79-77-41-27-63(53-83(77)88(7,8)85(79)55-71)23-21-61-25-39-75-76-40-26-62(52-82(76)87(5,6)81(75)51-61)22-24-64-28-42-78-80-44-38-72(56-86(80)89(9,10)84(78)54-64)91(74-49-59(3)46-60(4)50-74)70-35-31-68(32-36-70)66-19-15-12-16-20-66/h11-56H,1-10H3/b23-21+,24-22+. The number of anilines is 6. The number of rotatable bonds is 12. The zero-order valence-corrected chi connectivity index (χ0v) is 54.0. The van der Waals surface area contributed by atoms with Crippen LogP contribution in [0.3, 0.4) is 0 Å². The van der Waals surface area contributed by atoms with Crippen LogP contribution in [-0.2, 0) is 16.2 Å². The van der Waals surface area contributed by atoms with E-state index in [0.717, 1.165) is 22.7 Å². The number of benzene rings is 12. The lowest BCUT2D eigenvalue weighted by Gasteiger charge is -2.29. The molecule has 15 rings (SSSR count). The fraction of sp³-hybridized carbons (Fsp3) is 0.146. The molecule has 0 saturated carbocycles. The third-order valence-electron chi connectivity index (χ3n) is 19.9.